The number of fused-ring (bicyclic) bond motifs is 2. The van der Waals surface area contributed by atoms with Gasteiger partial charge in [0.25, 0.3) is 0 Å². The van der Waals surface area contributed by atoms with Crippen molar-refractivity contribution in [2.75, 3.05) is 64.1 Å². The maximum absolute atomic E-state index is 11.7. The lowest BCUT2D eigenvalue weighted by Crippen LogP contribution is -2.58. The van der Waals surface area contributed by atoms with Crippen molar-refractivity contribution in [2.45, 2.75) is 38.0 Å². The van der Waals surface area contributed by atoms with E-state index in [0.717, 1.165) is 98.5 Å². The number of halogens is 1. The highest BCUT2D eigenvalue weighted by atomic mass is 35.5. The average molecular weight is 555 g/mol. The van der Waals surface area contributed by atoms with Crippen molar-refractivity contribution in [1.29, 1.82) is 0 Å². The fourth-order valence-electron chi connectivity index (χ4n) is 5.86. The van der Waals surface area contributed by atoms with Gasteiger partial charge in [-0.05, 0) is 43.5 Å². The van der Waals surface area contributed by atoms with Crippen LogP contribution in [0, 0.1) is 0 Å². The maximum Gasteiger partial charge on any atom is 0.151 e. The van der Waals surface area contributed by atoms with Crippen LogP contribution in [0.5, 0.6) is 5.75 Å². The number of anilines is 1. The molecule has 3 fully saturated rings. The van der Waals surface area contributed by atoms with Crippen LogP contribution in [-0.4, -0.2) is 91.3 Å². The summed E-state index contributed by atoms with van der Waals surface area (Å²) < 4.78 is 20.0. The molecule has 208 valence electrons. The largest absolute Gasteiger partial charge is 0.491 e. The van der Waals surface area contributed by atoms with Gasteiger partial charge in [-0.3, -0.25) is 9.69 Å². The molecule has 3 saturated heterocycles. The van der Waals surface area contributed by atoms with Crippen molar-refractivity contribution in [1.82, 2.24) is 14.7 Å². The van der Waals surface area contributed by atoms with Gasteiger partial charge in [-0.1, -0.05) is 17.7 Å². The van der Waals surface area contributed by atoms with Crippen LogP contribution in [0.3, 0.4) is 0 Å². The minimum Gasteiger partial charge on any atom is -0.491 e. The molecule has 1 N–H and O–H groups in total. The lowest BCUT2D eigenvalue weighted by Gasteiger charge is -2.44. The Hall–Kier alpha value is -2.69. The minimum absolute atomic E-state index is 0.0705. The number of ether oxygens (including phenoxy) is 3. The maximum atomic E-state index is 11.7. The third kappa shape index (κ3) is 5.38. The summed E-state index contributed by atoms with van der Waals surface area (Å²) in [7, 11) is 0. The number of carbonyl (C=O) groups excluding carboxylic acids is 1. The van der Waals surface area contributed by atoms with Gasteiger partial charge in [-0.25, -0.2) is 4.68 Å². The molecule has 3 aliphatic rings. The monoisotopic (exact) mass is 554 g/mol. The summed E-state index contributed by atoms with van der Waals surface area (Å²) in [4.78, 5) is 16.6. The van der Waals surface area contributed by atoms with E-state index < -0.39 is 0 Å². The summed E-state index contributed by atoms with van der Waals surface area (Å²) in [6, 6.07) is 10.2. The molecule has 3 aromatic rings. The number of carbonyl (C=O) groups is 1. The van der Waals surface area contributed by atoms with Crippen molar-refractivity contribution in [2.24, 2.45) is 0 Å². The van der Waals surface area contributed by atoms with E-state index in [1.165, 1.54) is 0 Å². The standard InChI is InChI=1S/C29H35ClN4O5/c30-24-16-23-26(14-21(24)18-36)34(28-4-1-2-11-39-28)31-29(23)20-5-6-25(27(15-20)38-12-3-10-35)33-8-7-32-9-13-37-19-22(32)17-33/h5-6,14-16,18,22,28,35H,1-4,7-13,17,19H2/t22-,28?/m1/s1. The van der Waals surface area contributed by atoms with Crippen molar-refractivity contribution in [3.8, 4) is 17.0 Å². The van der Waals surface area contributed by atoms with Crippen LogP contribution in [0.15, 0.2) is 30.3 Å². The van der Waals surface area contributed by atoms with Crippen LogP contribution < -0.4 is 9.64 Å². The number of rotatable bonds is 8. The van der Waals surface area contributed by atoms with Crippen molar-refractivity contribution < 1.29 is 24.1 Å². The summed E-state index contributed by atoms with van der Waals surface area (Å²) >= 11 is 6.49. The Bertz CT molecular complexity index is 1320. The van der Waals surface area contributed by atoms with Gasteiger partial charge in [0, 0.05) is 62.3 Å². The summed E-state index contributed by atoms with van der Waals surface area (Å²) in [6.45, 7) is 6.46. The second kappa shape index (κ2) is 11.8. The number of nitrogens with zero attached hydrogens (tertiary/aromatic N) is 4. The van der Waals surface area contributed by atoms with E-state index in [4.69, 9.17) is 30.9 Å². The Morgan fingerprint density at radius 1 is 1.15 bits per heavy atom. The number of aliphatic hydroxyl groups is 1. The number of morpholine rings is 1. The number of piperazine rings is 1. The second-order valence-corrected chi connectivity index (χ2v) is 10.8. The average Bonchev–Trinajstić information content (AvgIpc) is 3.35. The summed E-state index contributed by atoms with van der Waals surface area (Å²) in [5, 5.41) is 15.6. The van der Waals surface area contributed by atoms with Gasteiger partial charge in [0.2, 0.25) is 0 Å². The number of benzene rings is 2. The summed E-state index contributed by atoms with van der Waals surface area (Å²) in [6.07, 6.45) is 4.09. The van der Waals surface area contributed by atoms with Gasteiger partial charge in [0.1, 0.15) is 11.4 Å². The smallest absolute Gasteiger partial charge is 0.151 e. The van der Waals surface area contributed by atoms with Gasteiger partial charge in [-0.15, -0.1) is 0 Å². The molecule has 3 aliphatic heterocycles. The Kier molecular flexibility index (Phi) is 8.04. The Morgan fingerprint density at radius 3 is 2.90 bits per heavy atom. The molecule has 1 aromatic heterocycles. The number of hydrogen-bond acceptors (Lipinski definition) is 8. The molecule has 2 aromatic carbocycles. The number of hydrogen-bond donors (Lipinski definition) is 1. The first-order chi connectivity index (χ1) is 19.2. The van der Waals surface area contributed by atoms with Gasteiger partial charge >= 0.3 is 0 Å². The molecule has 9 nitrogen and oxygen atoms in total. The number of aldehydes is 1. The number of aliphatic hydroxyl groups excluding tert-OH is 1. The normalized spacial score (nSPS) is 22.2. The van der Waals surface area contributed by atoms with Gasteiger partial charge in [0.05, 0.1) is 42.1 Å². The molecule has 39 heavy (non-hydrogen) atoms. The highest BCUT2D eigenvalue weighted by Gasteiger charge is 2.31. The molecule has 4 heterocycles. The van der Waals surface area contributed by atoms with Crippen LogP contribution >= 0.6 is 11.6 Å². The lowest BCUT2D eigenvalue weighted by molar-refractivity contribution is -0.0365. The molecule has 0 bridgehead atoms. The summed E-state index contributed by atoms with van der Waals surface area (Å²) in [5.41, 5.74) is 3.95. The van der Waals surface area contributed by atoms with E-state index in [9.17, 15) is 9.90 Å². The first-order valence-electron chi connectivity index (χ1n) is 13.9. The molecule has 0 saturated carbocycles. The molecule has 6 rings (SSSR count). The summed E-state index contributed by atoms with van der Waals surface area (Å²) in [5.74, 6) is 0.762. The zero-order valence-corrected chi connectivity index (χ0v) is 22.8. The van der Waals surface area contributed by atoms with E-state index in [0.29, 0.717) is 36.3 Å². The van der Waals surface area contributed by atoms with E-state index in [1.54, 1.807) is 6.07 Å². The molecular formula is C29H35ClN4O5. The van der Waals surface area contributed by atoms with Crippen molar-refractivity contribution >= 4 is 34.5 Å². The third-order valence-electron chi connectivity index (χ3n) is 7.95. The van der Waals surface area contributed by atoms with Crippen LogP contribution in [0.1, 0.15) is 42.3 Å². The lowest BCUT2D eigenvalue weighted by atomic mass is 10.0. The Morgan fingerprint density at radius 2 is 2.08 bits per heavy atom. The van der Waals surface area contributed by atoms with Gasteiger partial charge < -0.3 is 24.2 Å². The SMILES string of the molecule is O=Cc1cc2c(cc1Cl)c(-c1ccc(N3CCN4CCOC[C@H]4C3)c(OCCCO)c1)nn2C1CCCCO1. The Labute approximate surface area is 233 Å². The zero-order chi connectivity index (χ0) is 26.8. The topological polar surface area (TPSA) is 89.3 Å². The van der Waals surface area contributed by atoms with E-state index in [2.05, 4.69) is 21.9 Å². The molecule has 0 amide bonds. The predicted molar refractivity (Wildman–Crippen MR) is 150 cm³/mol. The quantitative estimate of drug-likeness (QED) is 0.328. The van der Waals surface area contributed by atoms with E-state index in [-0.39, 0.29) is 12.8 Å². The molecule has 2 atom stereocenters. The number of aromatic nitrogens is 2. The second-order valence-electron chi connectivity index (χ2n) is 10.4. The minimum atomic E-state index is -0.191. The molecule has 0 spiro atoms. The van der Waals surface area contributed by atoms with Gasteiger partial charge in [-0.2, -0.15) is 5.10 Å². The fourth-order valence-corrected chi connectivity index (χ4v) is 6.07. The fraction of sp³-hybridized carbons (Fsp3) is 0.517. The van der Waals surface area contributed by atoms with Crippen LogP contribution in [0.2, 0.25) is 5.02 Å². The third-order valence-corrected chi connectivity index (χ3v) is 8.28. The molecular weight excluding hydrogens is 520 g/mol. The van der Waals surface area contributed by atoms with Crippen molar-refractivity contribution in [3.05, 3.63) is 40.9 Å². The van der Waals surface area contributed by atoms with E-state index in [1.807, 2.05) is 16.8 Å². The highest BCUT2D eigenvalue weighted by Crippen LogP contribution is 2.39. The van der Waals surface area contributed by atoms with Crippen LogP contribution in [0.25, 0.3) is 22.2 Å². The van der Waals surface area contributed by atoms with Crippen LogP contribution in [0.4, 0.5) is 5.69 Å². The first-order valence-corrected chi connectivity index (χ1v) is 14.3. The molecule has 0 aliphatic carbocycles. The molecule has 10 heteroatoms. The highest BCUT2D eigenvalue weighted by molar-refractivity contribution is 6.34. The first kappa shape index (κ1) is 26.5. The van der Waals surface area contributed by atoms with Gasteiger partial charge in [0.15, 0.2) is 12.5 Å². The predicted octanol–water partition coefficient (Wildman–Crippen LogP) is 4.15. The van der Waals surface area contributed by atoms with Crippen molar-refractivity contribution in [3.63, 3.8) is 0 Å². The van der Waals surface area contributed by atoms with E-state index >= 15 is 0 Å². The zero-order valence-electron chi connectivity index (χ0n) is 22.1. The molecule has 1 unspecified atom stereocenters. The van der Waals surface area contributed by atoms with Crippen LogP contribution in [-0.2, 0) is 9.47 Å². The molecule has 0 radical (unpaired) electrons. The Balaban J connectivity index is 1.40.